The number of rotatable bonds is 17. The summed E-state index contributed by atoms with van der Waals surface area (Å²) in [6, 6.07) is 8.28. The first kappa shape index (κ1) is 36.5. The maximum absolute atomic E-state index is 12.7. The minimum absolute atomic E-state index is 0.00532. The lowest BCUT2D eigenvalue weighted by Gasteiger charge is -2.29. The van der Waals surface area contributed by atoms with Crippen LogP contribution in [-0.2, 0) is 58.0 Å². The van der Waals surface area contributed by atoms with Gasteiger partial charge >= 0.3 is 11.9 Å². The molecule has 250 valence electrons. The summed E-state index contributed by atoms with van der Waals surface area (Å²) in [6.45, 7) is 20.5. The lowest BCUT2D eigenvalue weighted by Crippen LogP contribution is -2.36. The van der Waals surface area contributed by atoms with E-state index in [1.165, 1.54) is 27.8 Å². The molecule has 0 fully saturated rings. The van der Waals surface area contributed by atoms with Crippen LogP contribution >= 0.6 is 0 Å². The minimum Gasteiger partial charge on any atom is -0.465 e. The van der Waals surface area contributed by atoms with E-state index in [0.29, 0.717) is 19.6 Å². The number of aryl methyl sites for hydroxylation is 4. The molecule has 0 aliphatic heterocycles. The van der Waals surface area contributed by atoms with E-state index in [4.69, 9.17) is 19.4 Å². The molecule has 9 nitrogen and oxygen atoms in total. The molecule has 9 heteroatoms. The van der Waals surface area contributed by atoms with Crippen LogP contribution in [0, 0.1) is 27.7 Å². The number of aromatic nitrogens is 2. The summed E-state index contributed by atoms with van der Waals surface area (Å²) in [7, 11) is 0. The summed E-state index contributed by atoms with van der Waals surface area (Å²) >= 11 is 0. The first-order chi connectivity index (χ1) is 22.0. The molecule has 3 aromatic rings. The highest BCUT2D eigenvalue weighted by Gasteiger charge is 2.25. The van der Waals surface area contributed by atoms with Crippen LogP contribution in [0.3, 0.4) is 0 Å². The van der Waals surface area contributed by atoms with Crippen molar-refractivity contribution in [2.24, 2.45) is 0 Å². The number of benzene rings is 1. The number of nitrogens with zero attached hydrogens (tertiary/aromatic N) is 3. The number of pyridine rings is 2. The SMILES string of the molecule is CCOC(=O)CN(CC(=O)OCC)Cc1c(CC)c(CNc2cc(C)cc(C)n2)c(CC)c(CNc2cc(C)cc(C)n2)c1CC. The average molecular weight is 632 g/mol. The second-order valence-corrected chi connectivity index (χ2v) is 11.7. The minimum atomic E-state index is -0.362. The third-order valence-electron chi connectivity index (χ3n) is 8.03. The van der Waals surface area contributed by atoms with E-state index in [-0.39, 0.29) is 38.2 Å². The Labute approximate surface area is 275 Å². The van der Waals surface area contributed by atoms with E-state index in [0.717, 1.165) is 59.0 Å². The Morgan fingerprint density at radius 3 is 1.35 bits per heavy atom. The van der Waals surface area contributed by atoms with E-state index in [9.17, 15) is 9.59 Å². The Kier molecular flexibility index (Phi) is 14.0. The first-order valence-corrected chi connectivity index (χ1v) is 16.6. The van der Waals surface area contributed by atoms with Crippen molar-refractivity contribution >= 4 is 23.6 Å². The summed E-state index contributed by atoms with van der Waals surface area (Å²) in [4.78, 5) is 36.7. The number of esters is 2. The van der Waals surface area contributed by atoms with Crippen LogP contribution in [0.2, 0.25) is 0 Å². The zero-order chi connectivity index (χ0) is 33.8. The Morgan fingerprint density at radius 1 is 0.609 bits per heavy atom. The van der Waals surface area contributed by atoms with E-state index in [1.54, 1.807) is 13.8 Å². The zero-order valence-electron chi connectivity index (χ0n) is 29.4. The van der Waals surface area contributed by atoms with Crippen LogP contribution in [0.25, 0.3) is 0 Å². The third kappa shape index (κ3) is 10.0. The highest BCUT2D eigenvalue weighted by molar-refractivity contribution is 5.75. The molecule has 0 spiro atoms. The van der Waals surface area contributed by atoms with Crippen LogP contribution in [0.5, 0.6) is 0 Å². The second kappa shape index (κ2) is 17.6. The van der Waals surface area contributed by atoms with Crippen LogP contribution in [0.1, 0.15) is 90.5 Å². The largest absolute Gasteiger partial charge is 0.465 e. The van der Waals surface area contributed by atoms with Gasteiger partial charge < -0.3 is 20.1 Å². The molecule has 2 N–H and O–H groups in total. The molecular formula is C37H53N5O4. The molecule has 0 unspecified atom stereocenters. The van der Waals surface area contributed by atoms with Gasteiger partial charge in [0.1, 0.15) is 11.6 Å². The number of carbonyl (C=O) groups is 2. The first-order valence-electron chi connectivity index (χ1n) is 16.6. The van der Waals surface area contributed by atoms with Crippen LogP contribution < -0.4 is 10.6 Å². The fourth-order valence-corrected chi connectivity index (χ4v) is 6.38. The molecule has 0 bridgehead atoms. The molecule has 46 heavy (non-hydrogen) atoms. The van der Waals surface area contributed by atoms with Gasteiger partial charge in [0.25, 0.3) is 0 Å². The average Bonchev–Trinajstić information content (AvgIpc) is 2.97. The predicted molar refractivity (Wildman–Crippen MR) is 185 cm³/mol. The quantitative estimate of drug-likeness (QED) is 0.161. The molecular weight excluding hydrogens is 578 g/mol. The number of hydrogen-bond acceptors (Lipinski definition) is 9. The Morgan fingerprint density at radius 2 is 1.00 bits per heavy atom. The Bertz CT molecular complexity index is 1360. The van der Waals surface area contributed by atoms with Crippen molar-refractivity contribution in [2.75, 3.05) is 36.9 Å². The number of carbonyl (C=O) groups excluding carboxylic acids is 2. The third-order valence-corrected chi connectivity index (χ3v) is 8.03. The maximum Gasteiger partial charge on any atom is 0.320 e. The topological polar surface area (TPSA) is 106 Å². The molecule has 0 aliphatic rings. The molecule has 0 radical (unpaired) electrons. The summed E-state index contributed by atoms with van der Waals surface area (Å²) in [5.74, 6) is 0.957. The molecule has 0 atom stereocenters. The van der Waals surface area contributed by atoms with Crippen molar-refractivity contribution in [3.63, 3.8) is 0 Å². The predicted octanol–water partition coefficient (Wildman–Crippen LogP) is 6.55. The second-order valence-electron chi connectivity index (χ2n) is 11.7. The van der Waals surface area contributed by atoms with Crippen LogP contribution in [-0.4, -0.2) is 53.1 Å². The normalized spacial score (nSPS) is 11.1. The van der Waals surface area contributed by atoms with Gasteiger partial charge in [-0.15, -0.1) is 0 Å². The lowest BCUT2D eigenvalue weighted by atomic mass is 9.83. The molecule has 1 aromatic carbocycles. The highest BCUT2D eigenvalue weighted by atomic mass is 16.5. The number of ether oxygens (including phenoxy) is 2. The summed E-state index contributed by atoms with van der Waals surface area (Å²) in [5, 5.41) is 7.24. The van der Waals surface area contributed by atoms with Gasteiger partial charge in [-0.25, -0.2) is 9.97 Å². The van der Waals surface area contributed by atoms with Gasteiger partial charge in [-0.3, -0.25) is 14.5 Å². The van der Waals surface area contributed by atoms with Gasteiger partial charge in [0, 0.05) is 31.0 Å². The van der Waals surface area contributed by atoms with Crippen molar-refractivity contribution in [2.45, 2.75) is 101 Å². The van der Waals surface area contributed by atoms with E-state index >= 15 is 0 Å². The van der Waals surface area contributed by atoms with Gasteiger partial charge in [0.2, 0.25) is 0 Å². The summed E-state index contributed by atoms with van der Waals surface area (Å²) in [6.07, 6.45) is 2.45. The smallest absolute Gasteiger partial charge is 0.320 e. The number of nitrogens with one attached hydrogen (secondary N) is 2. The van der Waals surface area contributed by atoms with Gasteiger partial charge in [-0.2, -0.15) is 0 Å². The van der Waals surface area contributed by atoms with Crippen LogP contribution in [0.15, 0.2) is 24.3 Å². The highest BCUT2D eigenvalue weighted by Crippen LogP contribution is 2.33. The number of anilines is 2. The fraction of sp³-hybridized carbons (Fsp3) is 0.514. The van der Waals surface area contributed by atoms with Crippen molar-refractivity contribution in [1.82, 2.24) is 14.9 Å². The van der Waals surface area contributed by atoms with Gasteiger partial charge in [-0.05, 0) is 130 Å². The Hall–Kier alpha value is -3.98. The molecule has 0 amide bonds. The van der Waals surface area contributed by atoms with Gasteiger partial charge in [0.15, 0.2) is 0 Å². The fourth-order valence-electron chi connectivity index (χ4n) is 6.38. The molecule has 2 aromatic heterocycles. The molecule has 0 saturated carbocycles. The van der Waals surface area contributed by atoms with E-state index in [2.05, 4.69) is 69.5 Å². The van der Waals surface area contributed by atoms with E-state index < -0.39 is 0 Å². The molecule has 2 heterocycles. The van der Waals surface area contributed by atoms with Crippen molar-refractivity contribution in [3.05, 3.63) is 80.2 Å². The van der Waals surface area contributed by atoms with E-state index in [1.807, 2.05) is 18.7 Å². The lowest BCUT2D eigenvalue weighted by molar-refractivity contribution is -0.148. The monoisotopic (exact) mass is 631 g/mol. The summed E-state index contributed by atoms with van der Waals surface area (Å²) in [5.41, 5.74) is 11.6. The summed E-state index contributed by atoms with van der Waals surface area (Å²) < 4.78 is 10.6. The molecule has 0 saturated heterocycles. The zero-order valence-corrected chi connectivity index (χ0v) is 29.4. The molecule has 3 rings (SSSR count). The molecule has 0 aliphatic carbocycles. The van der Waals surface area contributed by atoms with Gasteiger partial charge in [0.05, 0.1) is 26.3 Å². The maximum atomic E-state index is 12.7. The van der Waals surface area contributed by atoms with Crippen LogP contribution in [0.4, 0.5) is 11.6 Å². The van der Waals surface area contributed by atoms with Crippen molar-refractivity contribution < 1.29 is 19.1 Å². The number of hydrogen-bond donors (Lipinski definition) is 2. The van der Waals surface area contributed by atoms with Gasteiger partial charge in [-0.1, -0.05) is 20.8 Å². The van der Waals surface area contributed by atoms with Crippen molar-refractivity contribution in [1.29, 1.82) is 0 Å². The standard InChI is InChI=1S/C37H53N5O4/c1-10-28-31(19-38-34-17-24(6)15-26(8)40-34)29(11-2)33(21-42(22-36(43)45-13-4)23-37(44)46-14-5)30(12-3)32(28)20-39-35-18-25(7)16-27(9)41-35/h15-18H,10-14,19-23H2,1-9H3,(H,38,40)(H,39,41). The van der Waals surface area contributed by atoms with Crippen molar-refractivity contribution in [3.8, 4) is 0 Å². The Balaban J connectivity index is 2.19.